The zero-order valence-electron chi connectivity index (χ0n) is 15.2. The van der Waals surface area contributed by atoms with Crippen molar-refractivity contribution in [3.05, 3.63) is 93.8 Å². The quantitative estimate of drug-likeness (QED) is 0.427. The molecule has 0 bridgehead atoms. The van der Waals surface area contributed by atoms with Gasteiger partial charge in [0.15, 0.2) is 5.43 Å². The molecule has 1 heterocycles. The zero-order valence-corrected chi connectivity index (χ0v) is 16.8. The van der Waals surface area contributed by atoms with Gasteiger partial charge in [0.1, 0.15) is 28.6 Å². The SMILES string of the molecule is N#Cc1ccc(S(=O)(=O)Oc2ccc3c(=O)c(-c4ccccc4)coc3c2)cc1Cl. The lowest BCUT2D eigenvalue weighted by Gasteiger charge is -2.09. The number of nitrogens with zero attached hydrogens (tertiary/aromatic N) is 1. The van der Waals surface area contributed by atoms with Gasteiger partial charge < -0.3 is 8.60 Å². The molecule has 0 aliphatic rings. The van der Waals surface area contributed by atoms with Crippen molar-refractivity contribution in [3.63, 3.8) is 0 Å². The fourth-order valence-corrected chi connectivity index (χ4v) is 4.13. The van der Waals surface area contributed by atoms with E-state index in [4.69, 9.17) is 25.5 Å². The van der Waals surface area contributed by atoms with Crippen LogP contribution in [0.2, 0.25) is 5.02 Å². The van der Waals surface area contributed by atoms with E-state index < -0.39 is 10.1 Å². The monoisotopic (exact) mass is 437 g/mol. The number of hydrogen-bond acceptors (Lipinski definition) is 6. The van der Waals surface area contributed by atoms with Crippen LogP contribution in [-0.4, -0.2) is 8.42 Å². The van der Waals surface area contributed by atoms with Crippen LogP contribution in [0.4, 0.5) is 0 Å². The lowest BCUT2D eigenvalue weighted by molar-refractivity contribution is 0.485. The summed E-state index contributed by atoms with van der Waals surface area (Å²) in [6, 6.07) is 18.7. The highest BCUT2D eigenvalue weighted by atomic mass is 35.5. The lowest BCUT2D eigenvalue weighted by atomic mass is 10.1. The summed E-state index contributed by atoms with van der Waals surface area (Å²) in [6.45, 7) is 0. The van der Waals surface area contributed by atoms with Crippen molar-refractivity contribution < 1.29 is 17.0 Å². The van der Waals surface area contributed by atoms with Crippen molar-refractivity contribution in [2.24, 2.45) is 0 Å². The molecular weight excluding hydrogens is 426 g/mol. The van der Waals surface area contributed by atoms with E-state index in [0.29, 0.717) is 16.5 Å². The molecule has 148 valence electrons. The number of benzene rings is 3. The second-order valence-electron chi connectivity index (χ2n) is 6.29. The van der Waals surface area contributed by atoms with Gasteiger partial charge in [0.05, 0.1) is 21.5 Å². The van der Waals surface area contributed by atoms with Crippen molar-refractivity contribution in [2.75, 3.05) is 0 Å². The predicted molar refractivity (Wildman–Crippen MR) is 112 cm³/mol. The molecule has 0 atom stereocenters. The molecule has 0 unspecified atom stereocenters. The summed E-state index contributed by atoms with van der Waals surface area (Å²) < 4.78 is 35.8. The Balaban J connectivity index is 1.70. The first-order valence-corrected chi connectivity index (χ1v) is 10.4. The third-order valence-corrected chi connectivity index (χ3v) is 5.94. The van der Waals surface area contributed by atoms with E-state index in [0.717, 1.165) is 6.07 Å². The van der Waals surface area contributed by atoms with Crippen LogP contribution in [0.3, 0.4) is 0 Å². The van der Waals surface area contributed by atoms with Crippen LogP contribution in [0.25, 0.3) is 22.1 Å². The Bertz CT molecular complexity index is 1470. The van der Waals surface area contributed by atoms with E-state index in [9.17, 15) is 13.2 Å². The van der Waals surface area contributed by atoms with Gasteiger partial charge in [-0.05, 0) is 35.9 Å². The molecule has 1 aromatic heterocycles. The molecule has 0 saturated heterocycles. The van der Waals surface area contributed by atoms with Gasteiger partial charge in [-0.3, -0.25) is 4.79 Å². The Labute approximate surface area is 176 Å². The Hall–Kier alpha value is -3.60. The van der Waals surface area contributed by atoms with Crippen molar-refractivity contribution in [1.82, 2.24) is 0 Å². The van der Waals surface area contributed by atoms with Crippen LogP contribution < -0.4 is 9.61 Å². The maximum atomic E-state index is 12.8. The summed E-state index contributed by atoms with van der Waals surface area (Å²) >= 11 is 5.91. The summed E-state index contributed by atoms with van der Waals surface area (Å²) in [5, 5.41) is 9.21. The van der Waals surface area contributed by atoms with Crippen LogP contribution >= 0.6 is 11.6 Å². The van der Waals surface area contributed by atoms with Gasteiger partial charge >= 0.3 is 10.1 Å². The Morgan fingerprint density at radius 1 is 1.00 bits per heavy atom. The Kier molecular flexibility index (Phi) is 5.04. The molecule has 3 aromatic carbocycles. The molecule has 0 spiro atoms. The van der Waals surface area contributed by atoms with Crippen molar-refractivity contribution in [1.29, 1.82) is 5.26 Å². The fraction of sp³-hybridized carbons (Fsp3) is 0. The second-order valence-corrected chi connectivity index (χ2v) is 8.25. The molecule has 0 aliphatic carbocycles. The maximum absolute atomic E-state index is 12.8. The molecule has 0 N–H and O–H groups in total. The normalized spacial score (nSPS) is 11.2. The molecule has 0 amide bonds. The molecule has 0 aliphatic heterocycles. The first-order valence-electron chi connectivity index (χ1n) is 8.64. The zero-order chi connectivity index (χ0) is 21.3. The highest BCUT2D eigenvalue weighted by Crippen LogP contribution is 2.27. The van der Waals surface area contributed by atoms with Gasteiger partial charge in [-0.1, -0.05) is 41.9 Å². The Morgan fingerprint density at radius 3 is 2.47 bits per heavy atom. The average Bonchev–Trinajstić information content (AvgIpc) is 2.74. The highest BCUT2D eigenvalue weighted by Gasteiger charge is 2.19. The van der Waals surface area contributed by atoms with Gasteiger partial charge in [-0.2, -0.15) is 13.7 Å². The van der Waals surface area contributed by atoms with Crippen LogP contribution in [0.5, 0.6) is 5.75 Å². The molecule has 0 saturated carbocycles. The van der Waals surface area contributed by atoms with E-state index in [2.05, 4.69) is 0 Å². The first-order chi connectivity index (χ1) is 14.4. The van der Waals surface area contributed by atoms with Crippen LogP contribution in [0.15, 0.2) is 87.1 Å². The maximum Gasteiger partial charge on any atom is 0.339 e. The molecular formula is C22H12ClNO5S. The van der Waals surface area contributed by atoms with Gasteiger partial charge in [-0.25, -0.2) is 0 Å². The summed E-state index contributed by atoms with van der Waals surface area (Å²) in [5.41, 5.74) is 1.21. The van der Waals surface area contributed by atoms with Gasteiger partial charge in [0.2, 0.25) is 0 Å². The minimum absolute atomic E-state index is 0.000115. The smallest absolute Gasteiger partial charge is 0.339 e. The number of fused-ring (bicyclic) bond motifs is 1. The fourth-order valence-electron chi connectivity index (χ4n) is 2.89. The Morgan fingerprint density at radius 2 is 1.77 bits per heavy atom. The number of hydrogen-bond donors (Lipinski definition) is 0. The highest BCUT2D eigenvalue weighted by molar-refractivity contribution is 7.87. The van der Waals surface area contributed by atoms with E-state index in [1.54, 1.807) is 12.1 Å². The largest absolute Gasteiger partial charge is 0.463 e. The molecule has 6 nitrogen and oxygen atoms in total. The number of rotatable bonds is 4. The van der Waals surface area contributed by atoms with Crippen molar-refractivity contribution >= 4 is 32.7 Å². The topological polar surface area (TPSA) is 97.4 Å². The predicted octanol–water partition coefficient (Wildman–Crippen LogP) is 4.75. The standard InChI is InChI=1S/C22H12ClNO5S/c23-20-11-17(8-6-15(20)12-24)30(26,27)29-16-7-9-18-21(10-16)28-13-19(22(18)25)14-4-2-1-3-5-14/h1-11,13H. The molecule has 4 rings (SSSR count). The van der Waals surface area contributed by atoms with Gasteiger partial charge in [0, 0.05) is 6.07 Å². The van der Waals surface area contributed by atoms with Gasteiger partial charge in [-0.15, -0.1) is 0 Å². The van der Waals surface area contributed by atoms with Crippen molar-refractivity contribution in [3.8, 4) is 22.9 Å². The van der Waals surface area contributed by atoms with Gasteiger partial charge in [0.25, 0.3) is 0 Å². The van der Waals surface area contributed by atoms with Crippen LogP contribution in [0, 0.1) is 11.3 Å². The van der Waals surface area contributed by atoms with Crippen molar-refractivity contribution in [2.45, 2.75) is 4.90 Å². The summed E-state index contributed by atoms with van der Waals surface area (Å²) in [6.07, 6.45) is 1.33. The summed E-state index contributed by atoms with van der Waals surface area (Å²) in [5.74, 6) is -0.0291. The summed E-state index contributed by atoms with van der Waals surface area (Å²) in [7, 11) is -4.20. The van der Waals surface area contributed by atoms with E-state index in [1.165, 1.54) is 36.6 Å². The minimum atomic E-state index is -4.20. The van der Waals surface area contributed by atoms with E-state index in [-0.39, 0.29) is 32.2 Å². The third kappa shape index (κ3) is 3.66. The third-order valence-electron chi connectivity index (χ3n) is 4.39. The van der Waals surface area contributed by atoms with Crippen LogP contribution in [0.1, 0.15) is 5.56 Å². The lowest BCUT2D eigenvalue weighted by Crippen LogP contribution is -2.10. The molecule has 30 heavy (non-hydrogen) atoms. The minimum Gasteiger partial charge on any atom is -0.463 e. The van der Waals surface area contributed by atoms with Crippen LogP contribution in [-0.2, 0) is 10.1 Å². The number of nitriles is 1. The molecule has 0 fully saturated rings. The molecule has 8 heteroatoms. The molecule has 4 aromatic rings. The number of halogens is 1. The van der Waals surface area contributed by atoms with E-state index in [1.807, 2.05) is 24.3 Å². The summed E-state index contributed by atoms with van der Waals surface area (Å²) in [4.78, 5) is 12.6. The second kappa shape index (κ2) is 7.67. The molecule has 0 radical (unpaired) electrons. The van der Waals surface area contributed by atoms with E-state index >= 15 is 0 Å². The first kappa shape index (κ1) is 19.7. The average molecular weight is 438 g/mol.